The highest BCUT2D eigenvalue weighted by Crippen LogP contribution is 2.47. The van der Waals surface area contributed by atoms with Crippen molar-refractivity contribution >= 4 is 10.8 Å². The van der Waals surface area contributed by atoms with Gasteiger partial charge in [-0.25, -0.2) is 0 Å². The molecule has 0 atom stereocenters. The quantitative estimate of drug-likeness (QED) is 0.830. The lowest BCUT2D eigenvalue weighted by molar-refractivity contribution is 0.706. The van der Waals surface area contributed by atoms with Gasteiger partial charge in [-0.1, -0.05) is 18.2 Å². The number of pyridine rings is 1. The highest BCUT2D eigenvalue weighted by atomic mass is 14.7. The molecule has 2 heteroatoms. The van der Waals surface area contributed by atoms with Gasteiger partial charge in [-0.3, -0.25) is 4.98 Å². The fourth-order valence-corrected chi connectivity index (χ4v) is 2.42. The van der Waals surface area contributed by atoms with Crippen molar-refractivity contribution in [2.75, 3.05) is 6.54 Å². The Kier molecular flexibility index (Phi) is 2.01. The lowest BCUT2D eigenvalue weighted by atomic mass is 9.94. The second-order valence-electron chi connectivity index (χ2n) is 4.82. The van der Waals surface area contributed by atoms with Crippen molar-refractivity contribution in [1.82, 2.24) is 4.98 Å². The molecule has 0 saturated heterocycles. The Labute approximate surface area is 95.5 Å². The minimum absolute atomic E-state index is 0.283. The van der Waals surface area contributed by atoms with Gasteiger partial charge < -0.3 is 5.73 Å². The maximum Gasteiger partial charge on any atom is 0.0450 e. The molecular weight excluding hydrogens is 196 g/mol. The Balaban J connectivity index is 2.17. The second kappa shape index (κ2) is 3.29. The van der Waals surface area contributed by atoms with E-state index in [0.29, 0.717) is 0 Å². The van der Waals surface area contributed by atoms with Gasteiger partial charge in [0.15, 0.2) is 0 Å². The van der Waals surface area contributed by atoms with Crippen LogP contribution in [0.1, 0.15) is 24.1 Å². The summed E-state index contributed by atoms with van der Waals surface area (Å²) < 4.78 is 0. The van der Waals surface area contributed by atoms with Crippen LogP contribution < -0.4 is 5.73 Å². The molecule has 1 aliphatic rings. The Morgan fingerprint density at radius 1 is 1.31 bits per heavy atom. The van der Waals surface area contributed by atoms with Crippen LogP contribution in [-0.2, 0) is 5.41 Å². The summed E-state index contributed by atoms with van der Waals surface area (Å²) in [5.74, 6) is 0. The van der Waals surface area contributed by atoms with Crippen LogP contribution in [-0.4, -0.2) is 11.5 Å². The Morgan fingerprint density at radius 2 is 2.12 bits per heavy atom. The van der Waals surface area contributed by atoms with Crippen molar-refractivity contribution < 1.29 is 0 Å². The van der Waals surface area contributed by atoms with Crippen molar-refractivity contribution in [3.05, 3.63) is 41.7 Å². The summed E-state index contributed by atoms with van der Waals surface area (Å²) in [6.07, 6.45) is 4.35. The molecule has 1 aromatic carbocycles. The van der Waals surface area contributed by atoms with Crippen LogP contribution in [0.25, 0.3) is 10.8 Å². The highest BCUT2D eigenvalue weighted by molar-refractivity contribution is 5.85. The number of nitrogens with two attached hydrogens (primary N) is 1. The van der Waals surface area contributed by atoms with Gasteiger partial charge in [0.2, 0.25) is 0 Å². The number of nitrogens with zero attached hydrogens (tertiary/aromatic N) is 1. The SMILES string of the molecule is Cc1nccc2cc(C3(CN)CC3)ccc12. The average molecular weight is 212 g/mol. The zero-order valence-corrected chi connectivity index (χ0v) is 9.53. The van der Waals surface area contributed by atoms with Crippen molar-refractivity contribution in [3.63, 3.8) is 0 Å². The first-order valence-electron chi connectivity index (χ1n) is 5.81. The normalized spacial score (nSPS) is 17.6. The molecule has 0 radical (unpaired) electrons. The van der Waals surface area contributed by atoms with Gasteiger partial charge in [0.05, 0.1) is 0 Å². The summed E-state index contributed by atoms with van der Waals surface area (Å²) in [6, 6.07) is 8.77. The number of fused-ring (bicyclic) bond motifs is 1. The third-order valence-electron chi connectivity index (χ3n) is 3.82. The average Bonchev–Trinajstić information content (AvgIpc) is 3.10. The lowest BCUT2D eigenvalue weighted by Gasteiger charge is -2.13. The molecule has 0 amide bonds. The largest absolute Gasteiger partial charge is 0.330 e. The van der Waals surface area contributed by atoms with Gasteiger partial charge in [0.1, 0.15) is 0 Å². The molecule has 3 rings (SSSR count). The van der Waals surface area contributed by atoms with Crippen LogP contribution in [0.15, 0.2) is 30.5 Å². The van der Waals surface area contributed by atoms with E-state index < -0.39 is 0 Å². The third-order valence-corrected chi connectivity index (χ3v) is 3.82. The van der Waals surface area contributed by atoms with E-state index in [9.17, 15) is 0 Å². The molecule has 1 fully saturated rings. The summed E-state index contributed by atoms with van der Waals surface area (Å²) in [6.45, 7) is 2.82. The van der Waals surface area contributed by atoms with Crippen LogP contribution in [0.2, 0.25) is 0 Å². The molecule has 0 spiro atoms. The first-order chi connectivity index (χ1) is 7.75. The summed E-state index contributed by atoms with van der Waals surface area (Å²) in [4.78, 5) is 4.31. The van der Waals surface area contributed by atoms with Crippen LogP contribution in [0.3, 0.4) is 0 Å². The molecule has 0 unspecified atom stereocenters. The maximum absolute atomic E-state index is 5.86. The molecular formula is C14H16N2. The molecule has 1 saturated carbocycles. The van der Waals surface area contributed by atoms with E-state index in [1.54, 1.807) is 0 Å². The van der Waals surface area contributed by atoms with E-state index in [-0.39, 0.29) is 5.41 Å². The minimum atomic E-state index is 0.283. The minimum Gasteiger partial charge on any atom is -0.330 e. The molecule has 2 N–H and O–H groups in total. The third kappa shape index (κ3) is 1.34. The number of hydrogen-bond donors (Lipinski definition) is 1. The summed E-state index contributed by atoms with van der Waals surface area (Å²) in [7, 11) is 0. The van der Waals surface area contributed by atoms with Gasteiger partial charge in [0, 0.05) is 29.2 Å². The van der Waals surface area contributed by atoms with Crippen LogP contribution in [0.5, 0.6) is 0 Å². The van der Waals surface area contributed by atoms with Crippen LogP contribution in [0.4, 0.5) is 0 Å². The number of aromatic nitrogens is 1. The predicted octanol–water partition coefficient (Wildman–Crippen LogP) is 2.53. The number of aryl methyl sites for hydroxylation is 1. The molecule has 0 aliphatic heterocycles. The zero-order chi connectivity index (χ0) is 11.2. The lowest BCUT2D eigenvalue weighted by Crippen LogP contribution is -2.19. The highest BCUT2D eigenvalue weighted by Gasteiger charge is 2.42. The Morgan fingerprint density at radius 3 is 2.81 bits per heavy atom. The van der Waals surface area contributed by atoms with Crippen molar-refractivity contribution in [1.29, 1.82) is 0 Å². The first-order valence-corrected chi connectivity index (χ1v) is 5.81. The monoisotopic (exact) mass is 212 g/mol. The Bertz CT molecular complexity index is 541. The molecule has 2 nitrogen and oxygen atoms in total. The molecule has 1 heterocycles. The standard InChI is InChI=1S/C14H16N2/c1-10-13-3-2-12(14(9-15)5-6-14)8-11(13)4-7-16-10/h2-4,7-8H,5-6,9,15H2,1H3. The first kappa shape index (κ1) is 9.79. The summed E-state index contributed by atoms with van der Waals surface area (Å²) in [5.41, 5.74) is 8.64. The number of hydrogen-bond acceptors (Lipinski definition) is 2. The maximum atomic E-state index is 5.86. The van der Waals surface area contributed by atoms with E-state index in [1.807, 2.05) is 6.20 Å². The molecule has 2 aromatic rings. The Hall–Kier alpha value is -1.41. The van der Waals surface area contributed by atoms with Gasteiger partial charge in [0.25, 0.3) is 0 Å². The van der Waals surface area contributed by atoms with Gasteiger partial charge in [-0.05, 0) is 36.8 Å². The van der Waals surface area contributed by atoms with Gasteiger partial charge >= 0.3 is 0 Å². The fourth-order valence-electron chi connectivity index (χ4n) is 2.42. The van der Waals surface area contributed by atoms with Crippen LogP contribution >= 0.6 is 0 Å². The fraction of sp³-hybridized carbons (Fsp3) is 0.357. The van der Waals surface area contributed by atoms with E-state index >= 15 is 0 Å². The van der Waals surface area contributed by atoms with Crippen molar-refractivity contribution in [2.24, 2.45) is 5.73 Å². The van der Waals surface area contributed by atoms with Gasteiger partial charge in [-0.15, -0.1) is 0 Å². The molecule has 1 aliphatic carbocycles. The molecule has 82 valence electrons. The summed E-state index contributed by atoms with van der Waals surface area (Å²) >= 11 is 0. The number of rotatable bonds is 2. The smallest absolute Gasteiger partial charge is 0.0450 e. The van der Waals surface area contributed by atoms with E-state index in [0.717, 1.165) is 12.2 Å². The van der Waals surface area contributed by atoms with Crippen molar-refractivity contribution in [2.45, 2.75) is 25.2 Å². The zero-order valence-electron chi connectivity index (χ0n) is 9.53. The predicted molar refractivity (Wildman–Crippen MR) is 66.4 cm³/mol. The second-order valence-corrected chi connectivity index (χ2v) is 4.82. The van der Waals surface area contributed by atoms with E-state index in [2.05, 4.69) is 36.2 Å². The van der Waals surface area contributed by atoms with Gasteiger partial charge in [-0.2, -0.15) is 0 Å². The molecule has 0 bridgehead atoms. The summed E-state index contributed by atoms with van der Waals surface area (Å²) in [5, 5.41) is 2.53. The topological polar surface area (TPSA) is 38.9 Å². The molecule has 1 aromatic heterocycles. The van der Waals surface area contributed by atoms with Crippen molar-refractivity contribution in [3.8, 4) is 0 Å². The molecule has 16 heavy (non-hydrogen) atoms. The van der Waals surface area contributed by atoms with Crippen LogP contribution in [0, 0.1) is 6.92 Å². The number of benzene rings is 1. The van der Waals surface area contributed by atoms with E-state index in [4.69, 9.17) is 5.73 Å². The van der Waals surface area contributed by atoms with E-state index in [1.165, 1.54) is 29.2 Å².